The van der Waals surface area contributed by atoms with Crippen LogP contribution in [0.4, 0.5) is 0 Å². The Morgan fingerprint density at radius 1 is 0.400 bits per heavy atom. The van der Waals surface area contributed by atoms with Gasteiger partial charge >= 0.3 is 0 Å². The zero-order valence-corrected chi connectivity index (χ0v) is 13.8. The van der Waals surface area contributed by atoms with Crippen molar-refractivity contribution in [3.8, 4) is 39.1 Å². The second-order valence-corrected chi connectivity index (χ2v) is 6.04. The molecule has 0 heterocycles. The van der Waals surface area contributed by atoms with Gasteiger partial charge in [0, 0.05) is 5.56 Å². The van der Waals surface area contributed by atoms with Crippen molar-refractivity contribution in [2.75, 3.05) is 0 Å². The SMILES string of the molecule is Oc1ccc(-c2ccc(-c3ccccc3)cc2)cc1-c1ccccc1. The highest BCUT2D eigenvalue weighted by Gasteiger charge is 2.07. The largest absolute Gasteiger partial charge is 0.507 e. The second kappa shape index (κ2) is 6.66. The Morgan fingerprint density at radius 3 is 1.44 bits per heavy atom. The molecule has 0 radical (unpaired) electrons. The van der Waals surface area contributed by atoms with Crippen LogP contribution in [-0.4, -0.2) is 5.11 Å². The normalized spacial score (nSPS) is 10.6. The van der Waals surface area contributed by atoms with E-state index >= 15 is 0 Å². The smallest absolute Gasteiger partial charge is 0.123 e. The van der Waals surface area contributed by atoms with Gasteiger partial charge < -0.3 is 5.11 Å². The molecule has 0 atom stereocenters. The fraction of sp³-hybridized carbons (Fsp3) is 0. The summed E-state index contributed by atoms with van der Waals surface area (Å²) < 4.78 is 0. The van der Waals surface area contributed by atoms with Crippen LogP contribution in [-0.2, 0) is 0 Å². The van der Waals surface area contributed by atoms with Crippen LogP contribution in [0.3, 0.4) is 0 Å². The van der Waals surface area contributed by atoms with Crippen LogP contribution in [0.15, 0.2) is 103 Å². The molecule has 25 heavy (non-hydrogen) atoms. The van der Waals surface area contributed by atoms with Gasteiger partial charge in [0.05, 0.1) is 0 Å². The number of hydrogen-bond acceptors (Lipinski definition) is 1. The summed E-state index contributed by atoms with van der Waals surface area (Å²) in [6, 6.07) is 34.6. The van der Waals surface area contributed by atoms with E-state index in [9.17, 15) is 5.11 Å². The van der Waals surface area contributed by atoms with Crippen LogP contribution in [0.2, 0.25) is 0 Å². The topological polar surface area (TPSA) is 20.2 Å². The minimum atomic E-state index is 0.302. The molecule has 0 aliphatic carbocycles. The molecule has 0 fully saturated rings. The van der Waals surface area contributed by atoms with Gasteiger partial charge in [-0.05, 0) is 39.9 Å². The Hall–Kier alpha value is -3.32. The number of aromatic hydroxyl groups is 1. The quantitative estimate of drug-likeness (QED) is 0.463. The van der Waals surface area contributed by atoms with Gasteiger partial charge in [-0.1, -0.05) is 91.0 Å². The van der Waals surface area contributed by atoms with Crippen LogP contribution in [0, 0.1) is 0 Å². The van der Waals surface area contributed by atoms with Crippen molar-refractivity contribution < 1.29 is 5.11 Å². The summed E-state index contributed by atoms with van der Waals surface area (Å²) in [4.78, 5) is 0. The highest BCUT2D eigenvalue weighted by molar-refractivity contribution is 5.78. The molecule has 0 aliphatic heterocycles. The number of rotatable bonds is 3. The lowest BCUT2D eigenvalue weighted by atomic mass is 9.96. The fourth-order valence-corrected chi connectivity index (χ4v) is 3.05. The molecule has 1 N–H and O–H groups in total. The predicted octanol–water partition coefficient (Wildman–Crippen LogP) is 6.39. The molecule has 0 bridgehead atoms. The molecule has 4 aromatic rings. The summed E-state index contributed by atoms with van der Waals surface area (Å²) in [5, 5.41) is 10.2. The number of benzene rings is 4. The predicted molar refractivity (Wildman–Crippen MR) is 104 cm³/mol. The zero-order valence-electron chi connectivity index (χ0n) is 13.8. The van der Waals surface area contributed by atoms with Gasteiger partial charge in [0.2, 0.25) is 0 Å². The molecule has 120 valence electrons. The minimum absolute atomic E-state index is 0.302. The van der Waals surface area contributed by atoms with Gasteiger partial charge in [0.25, 0.3) is 0 Å². The van der Waals surface area contributed by atoms with Crippen molar-refractivity contribution in [1.82, 2.24) is 0 Å². The van der Waals surface area contributed by atoms with Gasteiger partial charge in [0.15, 0.2) is 0 Å². The van der Waals surface area contributed by atoms with Crippen LogP contribution in [0.1, 0.15) is 0 Å². The first-order valence-electron chi connectivity index (χ1n) is 8.35. The van der Waals surface area contributed by atoms with Gasteiger partial charge in [0.1, 0.15) is 5.75 Å². The van der Waals surface area contributed by atoms with Crippen LogP contribution in [0.25, 0.3) is 33.4 Å². The lowest BCUT2D eigenvalue weighted by Gasteiger charge is -2.09. The van der Waals surface area contributed by atoms with E-state index in [2.05, 4.69) is 48.5 Å². The third kappa shape index (κ3) is 3.17. The molecule has 4 rings (SSSR count). The number of hydrogen-bond donors (Lipinski definition) is 1. The van der Waals surface area contributed by atoms with Gasteiger partial charge in [-0.2, -0.15) is 0 Å². The van der Waals surface area contributed by atoms with Crippen molar-refractivity contribution in [2.24, 2.45) is 0 Å². The average Bonchev–Trinajstić information content (AvgIpc) is 2.70. The lowest BCUT2D eigenvalue weighted by molar-refractivity contribution is 0.477. The maximum absolute atomic E-state index is 10.2. The van der Waals surface area contributed by atoms with Crippen molar-refractivity contribution in [2.45, 2.75) is 0 Å². The molecule has 0 unspecified atom stereocenters. The molecule has 0 saturated heterocycles. The Labute approximate surface area is 147 Å². The van der Waals surface area contributed by atoms with Crippen LogP contribution in [0.5, 0.6) is 5.75 Å². The molecule has 1 nitrogen and oxygen atoms in total. The highest BCUT2D eigenvalue weighted by atomic mass is 16.3. The van der Waals surface area contributed by atoms with Gasteiger partial charge in [-0.3, -0.25) is 0 Å². The van der Waals surface area contributed by atoms with Crippen molar-refractivity contribution in [1.29, 1.82) is 0 Å². The van der Waals surface area contributed by atoms with E-state index in [0.29, 0.717) is 5.75 Å². The van der Waals surface area contributed by atoms with Crippen molar-refractivity contribution in [3.05, 3.63) is 103 Å². The van der Waals surface area contributed by atoms with Gasteiger partial charge in [-0.15, -0.1) is 0 Å². The molecular formula is C24H18O. The standard InChI is InChI=1S/C24H18O/c25-24-16-15-22(17-23(24)21-9-5-2-6-10-21)20-13-11-19(12-14-20)18-7-3-1-4-8-18/h1-17,25H. The van der Waals surface area contributed by atoms with Crippen molar-refractivity contribution in [3.63, 3.8) is 0 Å². The summed E-state index contributed by atoms with van der Waals surface area (Å²) in [6.07, 6.45) is 0. The molecule has 0 aliphatic rings. The molecular weight excluding hydrogens is 304 g/mol. The summed E-state index contributed by atoms with van der Waals surface area (Å²) >= 11 is 0. The molecule has 0 aromatic heterocycles. The first-order valence-corrected chi connectivity index (χ1v) is 8.35. The third-order valence-electron chi connectivity index (χ3n) is 4.41. The maximum atomic E-state index is 10.2. The van der Waals surface area contributed by atoms with Crippen molar-refractivity contribution >= 4 is 0 Å². The number of phenolic OH excluding ortho intramolecular Hbond substituents is 1. The first-order chi connectivity index (χ1) is 12.3. The monoisotopic (exact) mass is 322 g/mol. The molecule has 1 heteroatoms. The average molecular weight is 322 g/mol. The van der Waals surface area contributed by atoms with E-state index in [1.807, 2.05) is 48.5 Å². The van der Waals surface area contributed by atoms with E-state index < -0.39 is 0 Å². The zero-order chi connectivity index (χ0) is 17.1. The third-order valence-corrected chi connectivity index (χ3v) is 4.41. The van der Waals surface area contributed by atoms with E-state index in [-0.39, 0.29) is 0 Å². The number of phenols is 1. The Kier molecular flexibility index (Phi) is 4.05. The summed E-state index contributed by atoms with van der Waals surface area (Å²) in [5.74, 6) is 0.302. The Balaban J connectivity index is 1.71. The van der Waals surface area contributed by atoms with E-state index in [1.54, 1.807) is 6.07 Å². The summed E-state index contributed by atoms with van der Waals surface area (Å²) in [6.45, 7) is 0. The molecule has 0 spiro atoms. The summed E-state index contributed by atoms with van der Waals surface area (Å²) in [5.41, 5.74) is 6.51. The van der Waals surface area contributed by atoms with Crippen LogP contribution < -0.4 is 0 Å². The van der Waals surface area contributed by atoms with Crippen LogP contribution >= 0.6 is 0 Å². The molecule has 0 amide bonds. The van der Waals surface area contributed by atoms with E-state index in [0.717, 1.165) is 22.3 Å². The second-order valence-electron chi connectivity index (χ2n) is 6.04. The highest BCUT2D eigenvalue weighted by Crippen LogP contribution is 2.34. The Morgan fingerprint density at radius 2 is 0.840 bits per heavy atom. The van der Waals surface area contributed by atoms with E-state index in [1.165, 1.54) is 11.1 Å². The maximum Gasteiger partial charge on any atom is 0.123 e. The molecule has 0 saturated carbocycles. The van der Waals surface area contributed by atoms with Gasteiger partial charge in [-0.25, -0.2) is 0 Å². The lowest BCUT2D eigenvalue weighted by Crippen LogP contribution is -1.83. The van der Waals surface area contributed by atoms with E-state index in [4.69, 9.17) is 0 Å². The minimum Gasteiger partial charge on any atom is -0.507 e. The fourth-order valence-electron chi connectivity index (χ4n) is 3.05. The summed E-state index contributed by atoms with van der Waals surface area (Å²) in [7, 11) is 0. The molecule has 4 aromatic carbocycles. The first kappa shape index (κ1) is 15.2. The Bertz CT molecular complexity index is 971.